The Balaban J connectivity index is 3.03. The lowest BCUT2D eigenvalue weighted by Gasteiger charge is -2.01. The highest BCUT2D eigenvalue weighted by Crippen LogP contribution is 2.05. The van der Waals surface area contributed by atoms with Gasteiger partial charge in [-0.1, -0.05) is 35.3 Å². The summed E-state index contributed by atoms with van der Waals surface area (Å²) in [4.78, 5) is 0. The molecule has 0 amide bonds. The predicted octanol–water partition coefficient (Wildman–Crippen LogP) is 2.48. The van der Waals surface area contributed by atoms with E-state index in [1.54, 1.807) is 0 Å². The smallest absolute Gasteiger partial charge is 0.132 e. The molecule has 0 fully saturated rings. The van der Waals surface area contributed by atoms with Gasteiger partial charge in [-0.25, -0.2) is 0 Å². The molecule has 0 aliphatic carbocycles. The molecule has 0 aliphatic rings. The van der Waals surface area contributed by atoms with Crippen LogP contribution in [0.4, 0.5) is 0 Å². The maximum Gasteiger partial charge on any atom is 0.329 e. The van der Waals surface area contributed by atoms with Gasteiger partial charge in [0.05, 0.1) is 0 Å². The van der Waals surface area contributed by atoms with Crippen molar-refractivity contribution in [3.63, 3.8) is 0 Å². The predicted molar refractivity (Wildman–Crippen MR) is 54.4 cm³/mol. The Hall–Kier alpha value is 0.245. The lowest BCUT2D eigenvalue weighted by molar-refractivity contribution is 1.52. The summed E-state index contributed by atoms with van der Waals surface area (Å²) in [5.41, 5.74) is 2.60. The number of halogens is 2. The topological polar surface area (TPSA) is 0 Å². The van der Waals surface area contributed by atoms with Crippen LogP contribution in [0.5, 0.6) is 0 Å². The van der Waals surface area contributed by atoms with Crippen LogP contribution < -0.4 is 5.46 Å². The summed E-state index contributed by atoms with van der Waals surface area (Å²) >= 11 is 6.90. The fourth-order valence-electron chi connectivity index (χ4n) is 0.832. The average Bonchev–Trinajstić information content (AvgIpc) is 1.88. The maximum atomic E-state index is 3.45. The molecule has 0 heterocycles. The van der Waals surface area contributed by atoms with Crippen molar-refractivity contribution in [2.75, 3.05) is 0 Å². The van der Waals surface area contributed by atoms with Crippen molar-refractivity contribution in [1.29, 1.82) is 0 Å². The van der Waals surface area contributed by atoms with Crippen molar-refractivity contribution < 1.29 is 0 Å². The van der Waals surface area contributed by atoms with E-state index in [4.69, 9.17) is 0 Å². The van der Waals surface area contributed by atoms with Crippen LogP contribution in [-0.2, 0) is 0 Å². The standard InChI is InChI=1S/C7H7BBr2/c1-6-4-2-3-5-7(6)8(9)10/h2-5H,1H3. The van der Waals surface area contributed by atoms with Gasteiger partial charge < -0.3 is 0 Å². The molecule has 0 nitrogen and oxygen atoms in total. The second-order valence-electron chi connectivity index (χ2n) is 2.16. The molecule has 0 saturated carbocycles. The van der Waals surface area contributed by atoms with Crippen LogP contribution in [0.2, 0.25) is 0 Å². The third kappa shape index (κ3) is 1.86. The van der Waals surface area contributed by atoms with E-state index in [0.717, 1.165) is 0 Å². The molecule has 0 aromatic heterocycles. The second kappa shape index (κ2) is 3.58. The van der Waals surface area contributed by atoms with E-state index in [9.17, 15) is 0 Å². The van der Waals surface area contributed by atoms with E-state index < -0.39 is 0 Å². The van der Waals surface area contributed by atoms with E-state index in [2.05, 4.69) is 50.6 Å². The Bertz CT molecular complexity index is 223. The highest BCUT2D eigenvalue weighted by Gasteiger charge is 2.08. The molecule has 0 aliphatic heterocycles. The van der Waals surface area contributed by atoms with Gasteiger partial charge in [0.15, 0.2) is 0 Å². The molecule has 1 aromatic rings. The zero-order chi connectivity index (χ0) is 7.56. The molecule has 0 saturated heterocycles. The van der Waals surface area contributed by atoms with Gasteiger partial charge >= 0.3 is 4.36 Å². The molecule has 0 spiro atoms. The Labute approximate surface area is 78.0 Å². The van der Waals surface area contributed by atoms with Gasteiger partial charge in [-0.3, -0.25) is 0 Å². The largest absolute Gasteiger partial charge is 0.329 e. The van der Waals surface area contributed by atoms with Gasteiger partial charge in [-0.2, -0.15) is 0 Å². The lowest BCUT2D eigenvalue weighted by Crippen LogP contribution is -2.19. The van der Waals surface area contributed by atoms with E-state index in [1.807, 2.05) is 12.1 Å². The molecular formula is C7H7BBr2. The summed E-state index contributed by atoms with van der Waals surface area (Å²) in [6, 6.07) is 8.29. The zero-order valence-corrected chi connectivity index (χ0v) is 8.81. The quantitative estimate of drug-likeness (QED) is 0.682. The Morgan fingerprint density at radius 2 is 1.80 bits per heavy atom. The first-order valence-electron chi connectivity index (χ1n) is 3.05. The van der Waals surface area contributed by atoms with Crippen molar-refractivity contribution in [1.82, 2.24) is 0 Å². The first-order valence-corrected chi connectivity index (χ1v) is 4.88. The van der Waals surface area contributed by atoms with Gasteiger partial charge in [-0.05, 0) is 6.92 Å². The Morgan fingerprint density at radius 1 is 1.20 bits per heavy atom. The summed E-state index contributed by atoms with van der Waals surface area (Å²) in [5.74, 6) is 0. The summed E-state index contributed by atoms with van der Waals surface area (Å²) < 4.78 is 0.279. The van der Waals surface area contributed by atoms with Gasteiger partial charge in [-0.15, -0.1) is 31.5 Å². The van der Waals surface area contributed by atoms with Crippen molar-refractivity contribution in [3.8, 4) is 0 Å². The molecule has 0 radical (unpaired) electrons. The molecular weight excluding hydrogens is 255 g/mol. The van der Waals surface area contributed by atoms with Crippen molar-refractivity contribution >= 4 is 41.3 Å². The van der Waals surface area contributed by atoms with E-state index >= 15 is 0 Å². The van der Waals surface area contributed by atoms with E-state index in [0.29, 0.717) is 0 Å². The van der Waals surface area contributed by atoms with Crippen molar-refractivity contribution in [2.45, 2.75) is 6.92 Å². The first kappa shape index (κ1) is 8.34. The van der Waals surface area contributed by atoms with Gasteiger partial charge in [0.25, 0.3) is 0 Å². The minimum atomic E-state index is 0.279. The molecule has 52 valence electrons. The number of aryl methyl sites for hydroxylation is 1. The third-order valence-corrected chi connectivity index (χ3v) is 2.41. The molecule has 0 atom stereocenters. The van der Waals surface area contributed by atoms with Crippen LogP contribution >= 0.6 is 31.5 Å². The summed E-state index contributed by atoms with van der Waals surface area (Å²) in [7, 11) is 0. The zero-order valence-electron chi connectivity index (χ0n) is 5.64. The maximum absolute atomic E-state index is 3.45. The van der Waals surface area contributed by atoms with Crippen LogP contribution in [0.15, 0.2) is 24.3 Å². The van der Waals surface area contributed by atoms with Crippen LogP contribution in [0.3, 0.4) is 0 Å². The highest BCUT2D eigenvalue weighted by atomic mass is 79.9. The molecule has 0 bridgehead atoms. The highest BCUT2D eigenvalue weighted by molar-refractivity contribution is 9.49. The molecule has 0 unspecified atom stereocenters. The summed E-state index contributed by atoms with van der Waals surface area (Å²) in [6.07, 6.45) is 0. The van der Waals surface area contributed by atoms with Crippen LogP contribution in [0, 0.1) is 6.92 Å². The summed E-state index contributed by atoms with van der Waals surface area (Å²) in [5, 5.41) is 0. The molecule has 1 aromatic carbocycles. The van der Waals surface area contributed by atoms with E-state index in [1.165, 1.54) is 11.0 Å². The van der Waals surface area contributed by atoms with Gasteiger partial charge in [0, 0.05) is 0 Å². The first-order chi connectivity index (χ1) is 4.72. The van der Waals surface area contributed by atoms with Gasteiger partial charge in [0.2, 0.25) is 0 Å². The number of benzene rings is 1. The molecule has 3 heteroatoms. The third-order valence-electron chi connectivity index (χ3n) is 1.42. The number of hydrogen-bond donors (Lipinski definition) is 0. The molecule has 10 heavy (non-hydrogen) atoms. The van der Waals surface area contributed by atoms with Gasteiger partial charge in [0.1, 0.15) is 0 Å². The fraction of sp³-hybridized carbons (Fsp3) is 0.143. The monoisotopic (exact) mass is 260 g/mol. The summed E-state index contributed by atoms with van der Waals surface area (Å²) in [6.45, 7) is 2.10. The Morgan fingerprint density at radius 3 is 2.20 bits per heavy atom. The van der Waals surface area contributed by atoms with Crippen LogP contribution in [0.1, 0.15) is 5.56 Å². The second-order valence-corrected chi connectivity index (χ2v) is 5.22. The number of hydrogen-bond acceptors (Lipinski definition) is 0. The van der Waals surface area contributed by atoms with Crippen LogP contribution in [-0.4, -0.2) is 4.36 Å². The average molecular weight is 262 g/mol. The molecule has 0 N–H and O–H groups in total. The SMILES string of the molecule is Cc1ccccc1B(Br)Br. The minimum absolute atomic E-state index is 0.279. The molecule has 1 rings (SSSR count). The fourth-order valence-corrected chi connectivity index (χ4v) is 1.86. The Kier molecular flexibility index (Phi) is 2.99. The van der Waals surface area contributed by atoms with E-state index in [-0.39, 0.29) is 4.36 Å². The van der Waals surface area contributed by atoms with Crippen molar-refractivity contribution in [3.05, 3.63) is 29.8 Å². The number of rotatable bonds is 1. The van der Waals surface area contributed by atoms with Crippen LogP contribution in [0.25, 0.3) is 0 Å². The minimum Gasteiger partial charge on any atom is -0.132 e. The normalized spacial score (nSPS) is 9.50. The van der Waals surface area contributed by atoms with Crippen molar-refractivity contribution in [2.24, 2.45) is 0 Å². The lowest BCUT2D eigenvalue weighted by atomic mass is 9.91.